The number of nitrogens with two attached hydrogens (primary N) is 1. The summed E-state index contributed by atoms with van der Waals surface area (Å²) >= 11 is 0. The van der Waals surface area contributed by atoms with Crippen molar-refractivity contribution >= 4 is 34.8 Å². The van der Waals surface area contributed by atoms with Crippen molar-refractivity contribution in [3.63, 3.8) is 0 Å². The second-order valence-electron chi connectivity index (χ2n) is 6.16. The predicted molar refractivity (Wildman–Crippen MR) is 94.2 cm³/mol. The van der Waals surface area contributed by atoms with Gasteiger partial charge in [0.1, 0.15) is 6.10 Å². The van der Waals surface area contributed by atoms with Gasteiger partial charge in [-0.1, -0.05) is 24.3 Å². The highest BCUT2D eigenvalue weighted by atomic mass is 35.5. The largest absolute Gasteiger partial charge is 0.364 e. The van der Waals surface area contributed by atoms with Crippen molar-refractivity contribution in [2.75, 3.05) is 11.9 Å². The van der Waals surface area contributed by atoms with Gasteiger partial charge in [-0.2, -0.15) is 0 Å². The molecule has 1 saturated heterocycles. The highest BCUT2D eigenvalue weighted by Gasteiger charge is 2.30. The van der Waals surface area contributed by atoms with E-state index in [1.807, 2.05) is 6.07 Å². The van der Waals surface area contributed by atoms with Gasteiger partial charge in [0.25, 0.3) is 5.91 Å². The minimum Gasteiger partial charge on any atom is -0.364 e. The molecule has 1 aliphatic heterocycles. The molecule has 0 bridgehead atoms. The molecule has 23 heavy (non-hydrogen) atoms. The van der Waals surface area contributed by atoms with Crippen LogP contribution in [0, 0.1) is 0 Å². The number of aryl methyl sites for hydroxylation is 2. The molecule has 0 aromatic heterocycles. The molecule has 2 atom stereocenters. The Kier molecular flexibility index (Phi) is 4.57. The van der Waals surface area contributed by atoms with E-state index in [0.29, 0.717) is 6.54 Å². The van der Waals surface area contributed by atoms with E-state index in [1.54, 1.807) is 0 Å². The molecular formula is C18H21ClN2O2. The number of anilines is 1. The zero-order chi connectivity index (χ0) is 15.1. The lowest BCUT2D eigenvalue weighted by Crippen LogP contribution is -2.29. The molecule has 0 unspecified atom stereocenters. The maximum Gasteiger partial charge on any atom is 0.253 e. The molecule has 2 aromatic rings. The van der Waals surface area contributed by atoms with Crippen LogP contribution in [0.3, 0.4) is 0 Å². The highest BCUT2D eigenvalue weighted by molar-refractivity contribution is 6.06. The van der Waals surface area contributed by atoms with E-state index in [0.717, 1.165) is 36.8 Å². The molecule has 4 nitrogen and oxygen atoms in total. The predicted octanol–water partition coefficient (Wildman–Crippen LogP) is 2.81. The second-order valence-corrected chi connectivity index (χ2v) is 6.16. The molecule has 0 saturated carbocycles. The lowest BCUT2D eigenvalue weighted by Gasteiger charge is -2.15. The van der Waals surface area contributed by atoms with Crippen molar-refractivity contribution in [1.29, 1.82) is 0 Å². The van der Waals surface area contributed by atoms with Gasteiger partial charge in [-0.25, -0.2) is 0 Å². The molecule has 0 radical (unpaired) electrons. The number of nitrogens with one attached hydrogen (secondary N) is 1. The molecule has 1 heterocycles. The van der Waals surface area contributed by atoms with Gasteiger partial charge >= 0.3 is 0 Å². The van der Waals surface area contributed by atoms with Crippen LogP contribution < -0.4 is 11.1 Å². The summed E-state index contributed by atoms with van der Waals surface area (Å²) < 4.78 is 5.68. The zero-order valence-corrected chi connectivity index (χ0v) is 13.7. The van der Waals surface area contributed by atoms with Gasteiger partial charge < -0.3 is 15.8 Å². The summed E-state index contributed by atoms with van der Waals surface area (Å²) in [7, 11) is 0. The Morgan fingerprint density at radius 3 is 2.70 bits per heavy atom. The molecular weight excluding hydrogens is 312 g/mol. The van der Waals surface area contributed by atoms with E-state index in [2.05, 4.69) is 29.6 Å². The first-order valence-corrected chi connectivity index (χ1v) is 7.96. The molecule has 1 fully saturated rings. The topological polar surface area (TPSA) is 64.4 Å². The third-order valence-corrected chi connectivity index (χ3v) is 4.80. The minimum absolute atomic E-state index is 0. The quantitative estimate of drug-likeness (QED) is 0.908. The van der Waals surface area contributed by atoms with Crippen LogP contribution >= 0.6 is 12.4 Å². The van der Waals surface area contributed by atoms with Crippen molar-refractivity contribution in [3.05, 3.63) is 41.5 Å². The second kappa shape index (κ2) is 6.48. The van der Waals surface area contributed by atoms with Crippen LogP contribution in [0.25, 0.3) is 10.8 Å². The highest BCUT2D eigenvalue weighted by Crippen LogP contribution is 2.35. The Bertz CT molecular complexity index is 737. The van der Waals surface area contributed by atoms with Gasteiger partial charge in [-0.3, -0.25) is 4.79 Å². The molecule has 5 heteroatoms. The molecule has 1 aliphatic carbocycles. The number of benzene rings is 2. The number of halogens is 1. The van der Waals surface area contributed by atoms with Crippen LogP contribution in [-0.4, -0.2) is 24.7 Å². The fraction of sp³-hybridized carbons (Fsp3) is 0.389. The average molecular weight is 333 g/mol. The summed E-state index contributed by atoms with van der Waals surface area (Å²) in [5.41, 5.74) is 9.25. The van der Waals surface area contributed by atoms with Gasteiger partial charge in [0.2, 0.25) is 0 Å². The lowest BCUT2D eigenvalue weighted by molar-refractivity contribution is -0.126. The Hall–Kier alpha value is -1.62. The van der Waals surface area contributed by atoms with Crippen LogP contribution in [0.15, 0.2) is 30.3 Å². The first-order chi connectivity index (χ1) is 10.8. The molecule has 2 aromatic carbocycles. The van der Waals surface area contributed by atoms with Crippen molar-refractivity contribution < 1.29 is 9.53 Å². The zero-order valence-electron chi connectivity index (χ0n) is 12.9. The van der Waals surface area contributed by atoms with E-state index in [9.17, 15) is 4.79 Å². The number of amides is 1. The van der Waals surface area contributed by atoms with E-state index in [1.165, 1.54) is 16.5 Å². The summed E-state index contributed by atoms with van der Waals surface area (Å²) in [6.07, 6.45) is 3.43. The molecule has 1 amide bonds. The fourth-order valence-corrected chi connectivity index (χ4v) is 3.64. The first kappa shape index (κ1) is 16.2. The van der Waals surface area contributed by atoms with Crippen molar-refractivity contribution in [1.82, 2.24) is 0 Å². The summed E-state index contributed by atoms with van der Waals surface area (Å²) in [6.45, 7) is 0.477. The summed E-state index contributed by atoms with van der Waals surface area (Å²) in [4.78, 5) is 12.4. The van der Waals surface area contributed by atoms with Crippen molar-refractivity contribution in [2.24, 2.45) is 5.73 Å². The van der Waals surface area contributed by atoms with Gasteiger partial charge in [0.15, 0.2) is 0 Å². The fourth-order valence-electron chi connectivity index (χ4n) is 3.64. The molecule has 122 valence electrons. The molecule has 3 N–H and O–H groups in total. The van der Waals surface area contributed by atoms with Gasteiger partial charge in [-0.15, -0.1) is 12.4 Å². The number of ether oxygens (including phenoxy) is 1. The average Bonchev–Trinajstić information content (AvgIpc) is 3.18. The van der Waals surface area contributed by atoms with Gasteiger partial charge in [-0.05, 0) is 48.3 Å². The summed E-state index contributed by atoms with van der Waals surface area (Å²) in [6, 6.07) is 10.5. The van der Waals surface area contributed by atoms with E-state index < -0.39 is 0 Å². The maximum absolute atomic E-state index is 12.4. The number of rotatable bonds is 3. The molecule has 2 aliphatic rings. The Morgan fingerprint density at radius 1 is 1.17 bits per heavy atom. The van der Waals surface area contributed by atoms with Crippen molar-refractivity contribution in [3.8, 4) is 0 Å². The van der Waals surface area contributed by atoms with E-state index in [4.69, 9.17) is 10.5 Å². The minimum atomic E-state index is -0.378. The summed E-state index contributed by atoms with van der Waals surface area (Å²) in [5.74, 6) is -0.0605. The van der Waals surface area contributed by atoms with E-state index in [-0.39, 0.29) is 30.5 Å². The van der Waals surface area contributed by atoms with Crippen LogP contribution in [0.2, 0.25) is 0 Å². The van der Waals surface area contributed by atoms with Crippen LogP contribution in [0.4, 0.5) is 5.69 Å². The Labute approximate surface area is 141 Å². The smallest absolute Gasteiger partial charge is 0.253 e. The Morgan fingerprint density at radius 2 is 1.96 bits per heavy atom. The number of hydrogen-bond donors (Lipinski definition) is 2. The van der Waals surface area contributed by atoms with E-state index >= 15 is 0 Å². The lowest BCUT2D eigenvalue weighted by atomic mass is 10.0. The van der Waals surface area contributed by atoms with Crippen molar-refractivity contribution in [2.45, 2.75) is 37.9 Å². The van der Waals surface area contributed by atoms with Crippen LogP contribution in [0.5, 0.6) is 0 Å². The van der Waals surface area contributed by atoms with Crippen LogP contribution in [0.1, 0.15) is 24.0 Å². The third-order valence-electron chi connectivity index (χ3n) is 4.80. The normalized spacial score (nSPS) is 22.1. The standard InChI is InChI=1S/C18H20N2O2.ClH/c19-10-13-7-9-16(22-13)18(21)20-15-8-6-12-5-4-11-2-1-3-14(15)17(11)12;/h1-3,6,8,13,16H,4-5,7,9-10,19H2,(H,20,21);1H/t13-,16+;/m1./s1. The first-order valence-electron chi connectivity index (χ1n) is 7.96. The number of carbonyl (C=O) groups excluding carboxylic acids is 1. The monoisotopic (exact) mass is 332 g/mol. The molecule has 4 rings (SSSR count). The van der Waals surface area contributed by atoms with Gasteiger partial charge in [0.05, 0.1) is 6.10 Å². The third kappa shape index (κ3) is 2.82. The Balaban J connectivity index is 0.00000156. The van der Waals surface area contributed by atoms with Gasteiger partial charge in [0, 0.05) is 17.6 Å². The molecule has 0 spiro atoms. The SMILES string of the molecule is Cl.NC[C@H]1CC[C@@H](C(=O)Nc2ccc3c4c(cccc24)CC3)O1. The van der Waals surface area contributed by atoms with Crippen LogP contribution in [-0.2, 0) is 22.4 Å². The summed E-state index contributed by atoms with van der Waals surface area (Å²) in [5, 5.41) is 5.49. The maximum atomic E-state index is 12.4. The number of hydrogen-bond acceptors (Lipinski definition) is 3. The number of carbonyl (C=O) groups is 1.